The first-order valence-corrected chi connectivity index (χ1v) is 5.93. The number of hydrogen-bond acceptors (Lipinski definition) is 6. The summed E-state index contributed by atoms with van der Waals surface area (Å²) in [6, 6.07) is 10.2. The molecular formula is C13H9N3O6. The second-order valence-electron chi connectivity index (χ2n) is 4.07. The lowest BCUT2D eigenvalue weighted by molar-refractivity contribution is -0.385. The van der Waals surface area contributed by atoms with Crippen LogP contribution in [0, 0.1) is 20.2 Å². The van der Waals surface area contributed by atoms with E-state index in [0.717, 1.165) is 0 Å². The molecule has 9 heteroatoms. The molecule has 0 fully saturated rings. The van der Waals surface area contributed by atoms with Crippen LogP contribution in [0.15, 0.2) is 48.5 Å². The zero-order valence-corrected chi connectivity index (χ0v) is 11.0. The maximum absolute atomic E-state index is 11.6. The third-order valence-electron chi connectivity index (χ3n) is 2.58. The second-order valence-corrected chi connectivity index (χ2v) is 4.07. The van der Waals surface area contributed by atoms with Crippen molar-refractivity contribution in [3.05, 3.63) is 68.8 Å². The van der Waals surface area contributed by atoms with Crippen LogP contribution < -0.4 is 10.1 Å². The number of hydrogen-bond donors (Lipinski definition) is 1. The summed E-state index contributed by atoms with van der Waals surface area (Å²) in [5.41, 5.74) is 0.0925. The Labute approximate surface area is 123 Å². The van der Waals surface area contributed by atoms with E-state index in [9.17, 15) is 25.0 Å². The molecule has 22 heavy (non-hydrogen) atoms. The van der Waals surface area contributed by atoms with Crippen LogP contribution in [0.25, 0.3) is 0 Å². The second kappa shape index (κ2) is 6.31. The van der Waals surface area contributed by atoms with Gasteiger partial charge in [0.1, 0.15) is 5.75 Å². The van der Waals surface area contributed by atoms with Gasteiger partial charge in [-0.05, 0) is 24.3 Å². The SMILES string of the molecule is O=C(Nc1ccc([N+](=O)[O-])cc1)Oc1ccc([N+](=O)[O-])cc1. The van der Waals surface area contributed by atoms with Crippen molar-refractivity contribution in [3.63, 3.8) is 0 Å². The lowest BCUT2D eigenvalue weighted by Crippen LogP contribution is -2.16. The van der Waals surface area contributed by atoms with Crippen LogP contribution in [0.5, 0.6) is 5.75 Å². The molecule has 0 bridgehead atoms. The summed E-state index contributed by atoms with van der Waals surface area (Å²) in [6.07, 6.45) is -0.817. The number of nitro groups is 2. The zero-order chi connectivity index (χ0) is 16.1. The fourth-order valence-corrected chi connectivity index (χ4v) is 1.55. The maximum Gasteiger partial charge on any atom is 0.417 e. The molecule has 0 saturated carbocycles. The monoisotopic (exact) mass is 303 g/mol. The Morgan fingerprint density at radius 2 is 1.32 bits per heavy atom. The quantitative estimate of drug-likeness (QED) is 0.683. The van der Waals surface area contributed by atoms with Crippen LogP contribution >= 0.6 is 0 Å². The normalized spacial score (nSPS) is 9.82. The highest BCUT2D eigenvalue weighted by molar-refractivity contribution is 5.86. The summed E-state index contributed by atoms with van der Waals surface area (Å²) in [7, 11) is 0. The summed E-state index contributed by atoms with van der Waals surface area (Å²) in [5.74, 6) is 0.130. The average molecular weight is 303 g/mol. The molecule has 0 atom stereocenters. The number of carbonyl (C=O) groups is 1. The summed E-state index contributed by atoms with van der Waals surface area (Å²) >= 11 is 0. The van der Waals surface area contributed by atoms with Crippen LogP contribution in [0.4, 0.5) is 21.9 Å². The van der Waals surface area contributed by atoms with Crippen molar-refractivity contribution in [2.75, 3.05) is 5.32 Å². The van der Waals surface area contributed by atoms with Gasteiger partial charge in [0.05, 0.1) is 9.85 Å². The average Bonchev–Trinajstić information content (AvgIpc) is 2.48. The Morgan fingerprint density at radius 1 is 0.864 bits per heavy atom. The highest BCUT2D eigenvalue weighted by atomic mass is 16.6. The van der Waals surface area contributed by atoms with Crippen molar-refractivity contribution >= 4 is 23.2 Å². The number of non-ortho nitro benzene ring substituents is 2. The minimum atomic E-state index is -0.817. The van der Waals surface area contributed by atoms with E-state index < -0.39 is 15.9 Å². The van der Waals surface area contributed by atoms with Gasteiger partial charge in [0, 0.05) is 30.0 Å². The lowest BCUT2D eigenvalue weighted by Gasteiger charge is -2.06. The third-order valence-corrected chi connectivity index (χ3v) is 2.58. The van der Waals surface area contributed by atoms with Crippen molar-refractivity contribution < 1.29 is 19.4 Å². The van der Waals surface area contributed by atoms with Crippen molar-refractivity contribution in [2.24, 2.45) is 0 Å². The Hall–Kier alpha value is -3.49. The number of nitrogens with zero attached hydrogens (tertiary/aromatic N) is 2. The highest BCUT2D eigenvalue weighted by Gasteiger charge is 2.09. The van der Waals surface area contributed by atoms with E-state index in [2.05, 4.69) is 5.32 Å². The zero-order valence-electron chi connectivity index (χ0n) is 11.0. The number of anilines is 1. The van der Waals surface area contributed by atoms with Crippen LogP contribution in [0.1, 0.15) is 0 Å². The Kier molecular flexibility index (Phi) is 4.27. The molecular weight excluding hydrogens is 294 g/mol. The van der Waals surface area contributed by atoms with Crippen molar-refractivity contribution in [1.29, 1.82) is 0 Å². The first-order chi connectivity index (χ1) is 10.5. The molecule has 2 aromatic rings. The fraction of sp³-hybridized carbons (Fsp3) is 0. The van der Waals surface area contributed by atoms with Gasteiger partial charge in [-0.1, -0.05) is 0 Å². The molecule has 0 aliphatic heterocycles. The molecule has 0 aliphatic carbocycles. The Bertz CT molecular complexity index is 650. The first-order valence-electron chi connectivity index (χ1n) is 5.93. The molecule has 1 N–H and O–H groups in total. The molecule has 0 aliphatic rings. The number of amides is 1. The van der Waals surface area contributed by atoms with E-state index in [1.807, 2.05) is 0 Å². The lowest BCUT2D eigenvalue weighted by atomic mass is 10.3. The van der Waals surface area contributed by atoms with Crippen molar-refractivity contribution in [2.45, 2.75) is 0 Å². The van der Waals surface area contributed by atoms with E-state index in [4.69, 9.17) is 4.74 Å². The van der Waals surface area contributed by atoms with Crippen LogP contribution in [-0.2, 0) is 0 Å². The van der Waals surface area contributed by atoms with Gasteiger partial charge in [0.2, 0.25) is 0 Å². The molecule has 0 saturated heterocycles. The Morgan fingerprint density at radius 3 is 1.77 bits per heavy atom. The molecule has 2 aromatic carbocycles. The van der Waals surface area contributed by atoms with Gasteiger partial charge in [0.25, 0.3) is 11.4 Å². The summed E-state index contributed by atoms with van der Waals surface area (Å²) in [6.45, 7) is 0. The summed E-state index contributed by atoms with van der Waals surface area (Å²) < 4.78 is 4.92. The van der Waals surface area contributed by atoms with E-state index in [1.165, 1.54) is 48.5 Å². The number of ether oxygens (including phenoxy) is 1. The van der Waals surface area contributed by atoms with Gasteiger partial charge >= 0.3 is 6.09 Å². The predicted molar refractivity (Wildman–Crippen MR) is 75.8 cm³/mol. The van der Waals surface area contributed by atoms with Gasteiger partial charge in [-0.15, -0.1) is 0 Å². The molecule has 0 spiro atoms. The molecule has 0 heterocycles. The van der Waals surface area contributed by atoms with Gasteiger partial charge in [-0.25, -0.2) is 4.79 Å². The summed E-state index contributed by atoms with van der Waals surface area (Å²) in [4.78, 5) is 31.5. The van der Waals surface area contributed by atoms with Crippen LogP contribution in [0.2, 0.25) is 0 Å². The van der Waals surface area contributed by atoms with Crippen molar-refractivity contribution in [3.8, 4) is 5.75 Å². The molecule has 0 unspecified atom stereocenters. The largest absolute Gasteiger partial charge is 0.417 e. The Balaban J connectivity index is 1.97. The number of carbonyl (C=O) groups excluding carboxylic acids is 1. The number of rotatable bonds is 4. The first kappa shape index (κ1) is 14.9. The molecule has 1 amide bonds. The van der Waals surface area contributed by atoms with Crippen molar-refractivity contribution in [1.82, 2.24) is 0 Å². The van der Waals surface area contributed by atoms with E-state index in [-0.39, 0.29) is 17.1 Å². The van der Waals surface area contributed by atoms with Gasteiger partial charge in [-0.3, -0.25) is 25.5 Å². The van der Waals surface area contributed by atoms with Gasteiger partial charge in [-0.2, -0.15) is 0 Å². The van der Waals surface area contributed by atoms with Crippen LogP contribution in [-0.4, -0.2) is 15.9 Å². The number of benzene rings is 2. The van der Waals surface area contributed by atoms with E-state index in [0.29, 0.717) is 5.69 Å². The van der Waals surface area contributed by atoms with Crippen LogP contribution in [0.3, 0.4) is 0 Å². The molecule has 2 rings (SSSR count). The van der Waals surface area contributed by atoms with Gasteiger partial charge in [0.15, 0.2) is 0 Å². The highest BCUT2D eigenvalue weighted by Crippen LogP contribution is 2.19. The fourth-order valence-electron chi connectivity index (χ4n) is 1.55. The third kappa shape index (κ3) is 3.76. The smallest absolute Gasteiger partial charge is 0.410 e. The minimum Gasteiger partial charge on any atom is -0.410 e. The van der Waals surface area contributed by atoms with E-state index in [1.54, 1.807) is 0 Å². The maximum atomic E-state index is 11.6. The molecule has 9 nitrogen and oxygen atoms in total. The number of nitrogens with one attached hydrogen (secondary N) is 1. The minimum absolute atomic E-state index is 0.103. The molecule has 0 radical (unpaired) electrons. The standard InChI is InChI=1S/C13H9N3O6/c17-13(14-9-1-3-10(4-2-9)15(18)19)22-12-7-5-11(6-8-12)16(20)21/h1-8H,(H,14,17). The van der Waals surface area contributed by atoms with Gasteiger partial charge < -0.3 is 4.74 Å². The van der Waals surface area contributed by atoms with E-state index >= 15 is 0 Å². The topological polar surface area (TPSA) is 125 Å². The number of nitro benzene ring substituents is 2. The predicted octanol–water partition coefficient (Wildman–Crippen LogP) is 3.11. The molecule has 0 aromatic heterocycles. The molecule has 112 valence electrons. The summed E-state index contributed by atoms with van der Waals surface area (Å²) in [5, 5.41) is 23.4.